The number of nitrogens with zero attached hydrogens (tertiary/aromatic N) is 2. The molecule has 17 heavy (non-hydrogen) atoms. The fraction of sp³-hybridized carbons (Fsp3) is 0.929. The van der Waals surface area contributed by atoms with Crippen LogP contribution < -0.4 is 0 Å². The van der Waals surface area contributed by atoms with Crippen molar-refractivity contribution in [2.45, 2.75) is 52.0 Å². The lowest BCUT2D eigenvalue weighted by Crippen LogP contribution is -2.52. The van der Waals surface area contributed by atoms with E-state index in [4.69, 9.17) is 5.41 Å². The van der Waals surface area contributed by atoms with Crippen LogP contribution in [0.25, 0.3) is 0 Å². The lowest BCUT2D eigenvalue weighted by atomic mass is 10.1. The third-order valence-corrected chi connectivity index (χ3v) is 4.61. The quantitative estimate of drug-likeness (QED) is 0.604. The molecule has 1 aliphatic heterocycles. The molecule has 2 rings (SSSR count). The Kier molecular flexibility index (Phi) is 4.43. The Bertz CT molecular complexity index is 250. The lowest BCUT2D eigenvalue weighted by Gasteiger charge is -2.40. The molecule has 0 radical (unpaired) electrons. The lowest BCUT2D eigenvalue weighted by molar-refractivity contribution is 0.134. The Hall–Kier alpha value is -0.570. The van der Waals surface area contributed by atoms with Crippen molar-refractivity contribution in [1.82, 2.24) is 9.80 Å². The highest BCUT2D eigenvalue weighted by molar-refractivity contribution is 5.82. The maximum Gasteiger partial charge on any atom is 0.0990 e. The Morgan fingerprint density at radius 1 is 1.18 bits per heavy atom. The Morgan fingerprint density at radius 3 is 2.29 bits per heavy atom. The molecular weight excluding hydrogens is 210 g/mol. The Morgan fingerprint density at radius 2 is 1.76 bits per heavy atom. The Labute approximate surface area is 106 Å². The van der Waals surface area contributed by atoms with Crippen LogP contribution in [0.1, 0.15) is 46.0 Å². The van der Waals surface area contributed by atoms with Crippen molar-refractivity contribution in [3.63, 3.8) is 0 Å². The van der Waals surface area contributed by atoms with Crippen molar-refractivity contribution in [2.24, 2.45) is 5.92 Å². The Balaban J connectivity index is 1.80. The van der Waals surface area contributed by atoms with Gasteiger partial charge in [0.15, 0.2) is 0 Å². The van der Waals surface area contributed by atoms with Crippen molar-refractivity contribution in [3.05, 3.63) is 0 Å². The molecule has 3 nitrogen and oxygen atoms in total. The van der Waals surface area contributed by atoms with Crippen LogP contribution in [0.5, 0.6) is 0 Å². The molecule has 1 heterocycles. The molecular formula is C14H27N3. The molecule has 0 aromatic carbocycles. The second-order valence-corrected chi connectivity index (χ2v) is 5.65. The van der Waals surface area contributed by atoms with Crippen LogP contribution >= 0.6 is 0 Å². The standard InChI is InChI=1S/C14H27N3/c1-3-12(2)16-8-10-17(11-9-16)14(15)13-6-4-5-7-13/h12-13,15H,3-11H2,1-2H3. The molecule has 0 spiro atoms. The smallest absolute Gasteiger partial charge is 0.0990 e. The van der Waals surface area contributed by atoms with Gasteiger partial charge in [0.1, 0.15) is 0 Å². The normalized spacial score (nSPS) is 25.2. The van der Waals surface area contributed by atoms with Crippen molar-refractivity contribution in [3.8, 4) is 0 Å². The largest absolute Gasteiger partial charge is 0.358 e. The topological polar surface area (TPSA) is 30.3 Å². The minimum Gasteiger partial charge on any atom is -0.358 e. The maximum atomic E-state index is 8.31. The fourth-order valence-corrected chi connectivity index (χ4v) is 3.12. The maximum absolute atomic E-state index is 8.31. The van der Waals surface area contributed by atoms with Gasteiger partial charge in [-0.25, -0.2) is 0 Å². The first kappa shape index (κ1) is 12.9. The molecule has 98 valence electrons. The third kappa shape index (κ3) is 3.01. The first-order valence-corrected chi connectivity index (χ1v) is 7.29. The summed E-state index contributed by atoms with van der Waals surface area (Å²) in [5.74, 6) is 1.51. The molecule has 0 bridgehead atoms. The molecule has 3 heteroatoms. The van der Waals surface area contributed by atoms with Gasteiger partial charge in [-0.05, 0) is 26.2 Å². The number of hydrogen-bond acceptors (Lipinski definition) is 2. The van der Waals surface area contributed by atoms with E-state index in [1.165, 1.54) is 32.1 Å². The van der Waals surface area contributed by atoms with Gasteiger partial charge in [0.05, 0.1) is 5.84 Å². The summed E-state index contributed by atoms with van der Waals surface area (Å²) in [6, 6.07) is 0.706. The SMILES string of the molecule is CCC(C)N1CCN(C(=N)C2CCCC2)CC1. The van der Waals surface area contributed by atoms with Gasteiger partial charge in [-0.1, -0.05) is 19.8 Å². The second-order valence-electron chi connectivity index (χ2n) is 5.65. The van der Waals surface area contributed by atoms with Crippen LogP contribution in [0.3, 0.4) is 0 Å². The minimum absolute atomic E-state index is 0.574. The summed E-state index contributed by atoms with van der Waals surface area (Å²) < 4.78 is 0. The van der Waals surface area contributed by atoms with Gasteiger partial charge in [0.2, 0.25) is 0 Å². The highest BCUT2D eigenvalue weighted by Crippen LogP contribution is 2.27. The highest BCUT2D eigenvalue weighted by atomic mass is 15.3. The molecule has 1 saturated carbocycles. The highest BCUT2D eigenvalue weighted by Gasteiger charge is 2.27. The average molecular weight is 237 g/mol. The molecule has 1 saturated heterocycles. The van der Waals surface area contributed by atoms with Gasteiger partial charge in [0, 0.05) is 38.1 Å². The summed E-state index contributed by atoms with van der Waals surface area (Å²) in [6.45, 7) is 9.00. The van der Waals surface area contributed by atoms with E-state index in [9.17, 15) is 0 Å². The van der Waals surface area contributed by atoms with Crippen LogP contribution in [-0.4, -0.2) is 47.9 Å². The molecule has 1 atom stereocenters. The van der Waals surface area contributed by atoms with E-state index < -0.39 is 0 Å². The van der Waals surface area contributed by atoms with Crippen LogP contribution in [0.2, 0.25) is 0 Å². The summed E-state index contributed by atoms with van der Waals surface area (Å²) in [7, 11) is 0. The zero-order valence-corrected chi connectivity index (χ0v) is 11.4. The van der Waals surface area contributed by atoms with Crippen LogP contribution in [-0.2, 0) is 0 Å². The fourth-order valence-electron chi connectivity index (χ4n) is 3.12. The van der Waals surface area contributed by atoms with Crippen molar-refractivity contribution >= 4 is 5.84 Å². The van der Waals surface area contributed by atoms with Crippen molar-refractivity contribution in [2.75, 3.05) is 26.2 Å². The monoisotopic (exact) mass is 237 g/mol. The number of piperazine rings is 1. The van der Waals surface area contributed by atoms with Crippen molar-refractivity contribution in [1.29, 1.82) is 5.41 Å². The zero-order valence-electron chi connectivity index (χ0n) is 11.4. The first-order chi connectivity index (χ1) is 8.22. The number of nitrogens with one attached hydrogen (secondary N) is 1. The summed E-state index contributed by atoms with van der Waals surface area (Å²) >= 11 is 0. The van der Waals surface area contributed by atoms with E-state index >= 15 is 0 Å². The molecule has 0 aromatic heterocycles. The number of rotatable bonds is 3. The van der Waals surface area contributed by atoms with E-state index in [0.29, 0.717) is 12.0 Å². The van der Waals surface area contributed by atoms with Gasteiger partial charge >= 0.3 is 0 Å². The van der Waals surface area contributed by atoms with Crippen LogP contribution in [0.4, 0.5) is 0 Å². The predicted molar refractivity (Wildman–Crippen MR) is 72.6 cm³/mol. The van der Waals surface area contributed by atoms with Gasteiger partial charge < -0.3 is 4.90 Å². The minimum atomic E-state index is 0.574. The van der Waals surface area contributed by atoms with E-state index in [1.54, 1.807) is 0 Å². The molecule has 2 aliphatic rings. The summed E-state index contributed by atoms with van der Waals surface area (Å²) in [4.78, 5) is 4.90. The summed E-state index contributed by atoms with van der Waals surface area (Å²) in [5.41, 5.74) is 0. The van der Waals surface area contributed by atoms with Gasteiger partial charge in [-0.3, -0.25) is 10.3 Å². The van der Waals surface area contributed by atoms with E-state index in [-0.39, 0.29) is 0 Å². The summed E-state index contributed by atoms with van der Waals surface area (Å²) in [5, 5.41) is 8.31. The third-order valence-electron chi connectivity index (χ3n) is 4.61. The van der Waals surface area contributed by atoms with E-state index in [0.717, 1.165) is 32.0 Å². The molecule has 1 N–H and O–H groups in total. The summed E-state index contributed by atoms with van der Waals surface area (Å²) in [6.07, 6.45) is 6.41. The first-order valence-electron chi connectivity index (χ1n) is 7.29. The molecule has 0 amide bonds. The van der Waals surface area contributed by atoms with Crippen LogP contribution in [0.15, 0.2) is 0 Å². The molecule has 1 aliphatic carbocycles. The molecule has 0 aromatic rings. The zero-order chi connectivity index (χ0) is 12.3. The van der Waals surface area contributed by atoms with Crippen LogP contribution in [0, 0.1) is 11.3 Å². The van der Waals surface area contributed by atoms with Gasteiger partial charge in [0.25, 0.3) is 0 Å². The number of amidine groups is 1. The van der Waals surface area contributed by atoms with Gasteiger partial charge in [-0.15, -0.1) is 0 Å². The van der Waals surface area contributed by atoms with E-state index in [1.807, 2.05) is 0 Å². The molecule has 1 unspecified atom stereocenters. The molecule has 2 fully saturated rings. The van der Waals surface area contributed by atoms with Crippen molar-refractivity contribution < 1.29 is 0 Å². The predicted octanol–water partition coefficient (Wildman–Crippen LogP) is 2.57. The number of hydrogen-bond donors (Lipinski definition) is 1. The van der Waals surface area contributed by atoms with E-state index in [2.05, 4.69) is 23.6 Å². The van der Waals surface area contributed by atoms with Gasteiger partial charge in [-0.2, -0.15) is 0 Å². The average Bonchev–Trinajstić information content (AvgIpc) is 2.91. The second kappa shape index (κ2) is 5.85.